The molecule has 4 nitrogen and oxygen atoms in total. The van der Waals surface area contributed by atoms with Crippen LogP contribution in [0.3, 0.4) is 0 Å². The van der Waals surface area contributed by atoms with Gasteiger partial charge in [0.05, 0.1) is 5.69 Å². The Morgan fingerprint density at radius 3 is 2.86 bits per heavy atom. The first-order chi connectivity index (χ1) is 6.66. The zero-order chi connectivity index (χ0) is 10.1. The molecule has 78 valence electrons. The summed E-state index contributed by atoms with van der Waals surface area (Å²) in [5, 5.41) is 3.94. The third kappa shape index (κ3) is 1.81. The van der Waals surface area contributed by atoms with E-state index in [1.807, 2.05) is 13.8 Å². The average molecular weight is 195 g/mol. The van der Waals surface area contributed by atoms with Crippen LogP contribution in [0.15, 0.2) is 4.52 Å². The van der Waals surface area contributed by atoms with Gasteiger partial charge in [-0.15, -0.1) is 0 Å². The van der Waals surface area contributed by atoms with Gasteiger partial charge in [-0.3, -0.25) is 4.90 Å². The smallest absolute Gasteiger partial charge is 0.138 e. The molecular formula is C10H17N3O. The predicted molar refractivity (Wildman–Crippen MR) is 53.8 cm³/mol. The maximum absolute atomic E-state index is 5.85. The highest BCUT2D eigenvalue weighted by molar-refractivity contribution is 5.20. The van der Waals surface area contributed by atoms with E-state index in [-0.39, 0.29) is 0 Å². The molecule has 1 aliphatic rings. The van der Waals surface area contributed by atoms with Crippen molar-refractivity contribution in [3.8, 4) is 0 Å². The fourth-order valence-electron chi connectivity index (χ4n) is 1.96. The van der Waals surface area contributed by atoms with Crippen LogP contribution in [-0.2, 0) is 6.54 Å². The van der Waals surface area contributed by atoms with Crippen molar-refractivity contribution >= 4 is 0 Å². The minimum absolute atomic E-state index is 0.343. The van der Waals surface area contributed by atoms with Gasteiger partial charge in [0.25, 0.3) is 0 Å². The normalized spacial score (nSPS) is 23.2. The summed E-state index contributed by atoms with van der Waals surface area (Å²) in [5.41, 5.74) is 8.07. The molecule has 0 amide bonds. The molecule has 0 radical (unpaired) electrons. The van der Waals surface area contributed by atoms with E-state index < -0.39 is 0 Å². The summed E-state index contributed by atoms with van der Waals surface area (Å²) in [7, 11) is 0. The summed E-state index contributed by atoms with van der Waals surface area (Å²) in [6.07, 6.45) is 1.10. The van der Waals surface area contributed by atoms with Crippen LogP contribution < -0.4 is 5.73 Å². The molecule has 0 unspecified atom stereocenters. The Kier molecular flexibility index (Phi) is 2.56. The molecule has 2 heterocycles. The molecule has 0 spiro atoms. The molecular weight excluding hydrogens is 178 g/mol. The van der Waals surface area contributed by atoms with Crippen LogP contribution in [0, 0.1) is 13.8 Å². The zero-order valence-electron chi connectivity index (χ0n) is 8.79. The van der Waals surface area contributed by atoms with Gasteiger partial charge in [0.1, 0.15) is 5.76 Å². The molecule has 1 saturated heterocycles. The number of aryl methyl sites for hydroxylation is 2. The molecule has 14 heavy (non-hydrogen) atoms. The summed E-state index contributed by atoms with van der Waals surface area (Å²) < 4.78 is 5.12. The van der Waals surface area contributed by atoms with E-state index in [0.717, 1.165) is 37.5 Å². The van der Waals surface area contributed by atoms with Crippen LogP contribution in [0.4, 0.5) is 0 Å². The molecule has 4 heteroatoms. The summed E-state index contributed by atoms with van der Waals surface area (Å²) >= 11 is 0. The number of hydrogen-bond acceptors (Lipinski definition) is 4. The number of nitrogens with two attached hydrogens (primary N) is 1. The first-order valence-electron chi connectivity index (χ1n) is 5.06. The number of nitrogens with zero attached hydrogens (tertiary/aromatic N) is 2. The van der Waals surface area contributed by atoms with Gasteiger partial charge in [-0.25, -0.2) is 0 Å². The van der Waals surface area contributed by atoms with E-state index in [9.17, 15) is 0 Å². The SMILES string of the molecule is Cc1noc(C)c1CN1CC[C@@H](N)C1. The topological polar surface area (TPSA) is 55.3 Å². The molecule has 0 saturated carbocycles. The lowest BCUT2D eigenvalue weighted by Crippen LogP contribution is -2.26. The molecule has 0 bridgehead atoms. The van der Waals surface area contributed by atoms with Gasteiger partial charge < -0.3 is 10.3 Å². The Morgan fingerprint density at radius 2 is 2.36 bits per heavy atom. The molecule has 1 aromatic rings. The Morgan fingerprint density at radius 1 is 1.57 bits per heavy atom. The first kappa shape index (κ1) is 9.68. The third-order valence-corrected chi connectivity index (χ3v) is 2.87. The maximum Gasteiger partial charge on any atom is 0.138 e. The molecule has 1 aromatic heterocycles. The number of aromatic nitrogens is 1. The van der Waals surface area contributed by atoms with Crippen molar-refractivity contribution in [2.75, 3.05) is 13.1 Å². The molecule has 2 rings (SSSR count). The fraction of sp³-hybridized carbons (Fsp3) is 0.700. The largest absolute Gasteiger partial charge is 0.361 e. The van der Waals surface area contributed by atoms with Gasteiger partial charge >= 0.3 is 0 Å². The molecule has 2 N–H and O–H groups in total. The summed E-state index contributed by atoms with van der Waals surface area (Å²) in [4.78, 5) is 2.36. The molecule has 0 aliphatic carbocycles. The second-order valence-corrected chi connectivity index (χ2v) is 4.09. The summed E-state index contributed by atoms with van der Waals surface area (Å²) in [5.74, 6) is 0.933. The summed E-state index contributed by atoms with van der Waals surface area (Å²) in [6.45, 7) is 6.96. The second kappa shape index (κ2) is 3.71. The van der Waals surface area contributed by atoms with Crippen molar-refractivity contribution in [2.24, 2.45) is 5.73 Å². The lowest BCUT2D eigenvalue weighted by molar-refractivity contribution is 0.322. The Bertz CT molecular complexity index is 302. The molecule has 1 fully saturated rings. The molecule has 0 aromatic carbocycles. The summed E-state index contributed by atoms with van der Waals surface area (Å²) in [6, 6.07) is 0.343. The fourth-order valence-corrected chi connectivity index (χ4v) is 1.96. The quantitative estimate of drug-likeness (QED) is 0.759. The van der Waals surface area contributed by atoms with Crippen LogP contribution in [0.5, 0.6) is 0 Å². The van der Waals surface area contributed by atoms with Crippen LogP contribution in [0.1, 0.15) is 23.4 Å². The van der Waals surface area contributed by atoms with E-state index in [0.29, 0.717) is 6.04 Å². The Hall–Kier alpha value is -0.870. The minimum Gasteiger partial charge on any atom is -0.361 e. The second-order valence-electron chi connectivity index (χ2n) is 4.09. The Balaban J connectivity index is 2.04. The standard InChI is InChI=1S/C10H17N3O/c1-7-10(8(2)14-12-7)6-13-4-3-9(11)5-13/h9H,3-6,11H2,1-2H3/t9-/m1/s1. The third-order valence-electron chi connectivity index (χ3n) is 2.87. The van der Waals surface area contributed by atoms with Crippen molar-refractivity contribution < 1.29 is 4.52 Å². The molecule has 1 aliphatic heterocycles. The Labute approximate surface area is 84.0 Å². The van der Waals surface area contributed by atoms with Crippen molar-refractivity contribution in [3.63, 3.8) is 0 Å². The van der Waals surface area contributed by atoms with E-state index >= 15 is 0 Å². The minimum atomic E-state index is 0.343. The number of rotatable bonds is 2. The van der Waals surface area contributed by atoms with Gasteiger partial charge in [-0.2, -0.15) is 0 Å². The lowest BCUT2D eigenvalue weighted by atomic mass is 10.2. The van der Waals surface area contributed by atoms with E-state index in [1.54, 1.807) is 0 Å². The highest BCUT2D eigenvalue weighted by atomic mass is 16.5. The number of hydrogen-bond donors (Lipinski definition) is 1. The van der Waals surface area contributed by atoms with Crippen LogP contribution in [0.25, 0.3) is 0 Å². The van der Waals surface area contributed by atoms with Crippen molar-refractivity contribution in [2.45, 2.75) is 32.9 Å². The van der Waals surface area contributed by atoms with Crippen molar-refractivity contribution in [1.82, 2.24) is 10.1 Å². The first-order valence-corrected chi connectivity index (χ1v) is 5.06. The van der Waals surface area contributed by atoms with E-state index in [2.05, 4.69) is 10.1 Å². The van der Waals surface area contributed by atoms with E-state index in [4.69, 9.17) is 10.3 Å². The van der Waals surface area contributed by atoms with Crippen LogP contribution in [0.2, 0.25) is 0 Å². The van der Waals surface area contributed by atoms with E-state index in [1.165, 1.54) is 5.56 Å². The lowest BCUT2D eigenvalue weighted by Gasteiger charge is -2.14. The van der Waals surface area contributed by atoms with Gasteiger partial charge in [-0.1, -0.05) is 5.16 Å². The van der Waals surface area contributed by atoms with Crippen molar-refractivity contribution in [3.05, 3.63) is 17.0 Å². The van der Waals surface area contributed by atoms with Gasteiger partial charge in [0.15, 0.2) is 0 Å². The monoisotopic (exact) mass is 195 g/mol. The predicted octanol–water partition coefficient (Wildman–Crippen LogP) is 0.824. The maximum atomic E-state index is 5.85. The van der Waals surface area contributed by atoms with Gasteiger partial charge in [-0.05, 0) is 20.3 Å². The highest BCUT2D eigenvalue weighted by Gasteiger charge is 2.21. The van der Waals surface area contributed by atoms with Crippen LogP contribution in [-0.4, -0.2) is 29.2 Å². The highest BCUT2D eigenvalue weighted by Crippen LogP contribution is 2.17. The van der Waals surface area contributed by atoms with Crippen LogP contribution >= 0.6 is 0 Å². The van der Waals surface area contributed by atoms with Gasteiger partial charge in [0.2, 0.25) is 0 Å². The zero-order valence-corrected chi connectivity index (χ0v) is 8.79. The van der Waals surface area contributed by atoms with Gasteiger partial charge in [0, 0.05) is 31.2 Å². The number of likely N-dealkylation sites (tertiary alicyclic amines) is 1. The van der Waals surface area contributed by atoms with Crippen molar-refractivity contribution in [1.29, 1.82) is 0 Å². The molecule has 1 atom stereocenters. The average Bonchev–Trinajstić information content (AvgIpc) is 2.67.